The van der Waals surface area contributed by atoms with Gasteiger partial charge in [-0.25, -0.2) is 0 Å². The maximum absolute atomic E-state index is 13.0. The van der Waals surface area contributed by atoms with Crippen LogP contribution in [0.2, 0.25) is 0 Å². The Morgan fingerprint density at radius 3 is 1.37 bits per heavy atom. The van der Waals surface area contributed by atoms with Crippen LogP contribution in [-0.4, -0.2) is 87.5 Å². The highest BCUT2D eigenvalue weighted by atomic mass is 16.7. The second-order valence-corrected chi connectivity index (χ2v) is 17.3. The number of aliphatic hydroxyl groups is 5. The Morgan fingerprint density at radius 2 is 0.965 bits per heavy atom. The van der Waals surface area contributed by atoms with Crippen LogP contribution >= 0.6 is 0 Å². The summed E-state index contributed by atoms with van der Waals surface area (Å²) in [6.45, 7) is 3.79. The molecule has 9 nitrogen and oxygen atoms in total. The Hall–Kier alpha value is -1.07. The highest BCUT2D eigenvalue weighted by Crippen LogP contribution is 2.23. The number of carbonyl (C=O) groups excluding carboxylic acids is 1. The molecule has 1 amide bonds. The molecule has 0 unspecified atom stereocenters. The molecule has 1 saturated heterocycles. The zero-order valence-corrected chi connectivity index (χ0v) is 37.1. The first-order chi connectivity index (χ1) is 27.8. The molecule has 0 aliphatic carbocycles. The van der Waals surface area contributed by atoms with E-state index in [1.54, 1.807) is 6.08 Å². The smallest absolute Gasteiger partial charge is 0.220 e. The molecule has 338 valence electrons. The standard InChI is InChI=1S/C48H93NO8/c1-3-5-7-9-11-13-15-17-18-19-20-21-22-23-24-26-28-30-32-34-36-38-44(52)49-41(40-56-48-47(55)46(54)45(53)43(39-50)57-48)42(51)37-35-33-31-29-27-25-16-14-12-10-8-6-4-2/h35,37,41-43,45-48,50-51,53-55H,3-34,36,38-40H2,1-2H3,(H,49,52)/b37-35+/t41-,42+,43-,45-,46+,47-,48-/m1/s1. The van der Waals surface area contributed by atoms with Gasteiger partial charge in [0.2, 0.25) is 5.91 Å². The van der Waals surface area contributed by atoms with E-state index >= 15 is 0 Å². The van der Waals surface area contributed by atoms with E-state index in [1.165, 1.54) is 173 Å². The summed E-state index contributed by atoms with van der Waals surface area (Å²) in [7, 11) is 0. The Morgan fingerprint density at radius 1 is 0.579 bits per heavy atom. The lowest BCUT2D eigenvalue weighted by Gasteiger charge is -2.40. The molecular formula is C48H93NO8. The van der Waals surface area contributed by atoms with Gasteiger partial charge in [0.25, 0.3) is 0 Å². The van der Waals surface area contributed by atoms with Gasteiger partial charge >= 0.3 is 0 Å². The van der Waals surface area contributed by atoms with Crippen LogP contribution in [0, 0.1) is 0 Å². The SMILES string of the molecule is CCCCCCCCCCCCC/C=C/[C@H](O)[C@@H](CO[C@@H]1O[C@H](CO)[C@@H](O)[C@H](O)[C@H]1O)NC(=O)CCCCCCCCCCCCCCCCCCCCCCC. The lowest BCUT2D eigenvalue weighted by molar-refractivity contribution is -0.302. The average molecular weight is 812 g/mol. The van der Waals surface area contributed by atoms with Crippen molar-refractivity contribution in [2.24, 2.45) is 0 Å². The Kier molecular flexibility index (Phi) is 37.0. The molecule has 0 spiro atoms. The number of allylic oxidation sites excluding steroid dienone is 1. The second kappa shape index (κ2) is 39.1. The number of nitrogens with one attached hydrogen (secondary N) is 1. The van der Waals surface area contributed by atoms with Crippen molar-refractivity contribution in [2.75, 3.05) is 13.2 Å². The predicted molar refractivity (Wildman–Crippen MR) is 235 cm³/mol. The molecule has 1 aliphatic heterocycles. The first-order valence-electron chi connectivity index (χ1n) is 24.4. The van der Waals surface area contributed by atoms with Gasteiger partial charge in [0.05, 0.1) is 25.4 Å². The minimum atomic E-state index is -1.56. The summed E-state index contributed by atoms with van der Waals surface area (Å²) in [5.74, 6) is -0.173. The number of unbranched alkanes of at least 4 members (excludes halogenated alkanes) is 31. The molecule has 0 radical (unpaired) electrons. The van der Waals surface area contributed by atoms with Crippen molar-refractivity contribution in [1.82, 2.24) is 5.32 Å². The minimum Gasteiger partial charge on any atom is -0.394 e. The molecule has 1 fully saturated rings. The Balaban J connectivity index is 2.27. The minimum absolute atomic E-state index is 0.173. The highest BCUT2D eigenvalue weighted by molar-refractivity contribution is 5.76. The first kappa shape index (κ1) is 53.9. The Labute approximate surface area is 350 Å². The van der Waals surface area contributed by atoms with E-state index in [4.69, 9.17) is 9.47 Å². The number of rotatable bonds is 41. The summed E-state index contributed by atoms with van der Waals surface area (Å²) in [4.78, 5) is 13.0. The molecule has 57 heavy (non-hydrogen) atoms. The summed E-state index contributed by atoms with van der Waals surface area (Å²) >= 11 is 0. The molecule has 1 aliphatic rings. The largest absolute Gasteiger partial charge is 0.394 e. The third kappa shape index (κ3) is 29.7. The number of ether oxygens (including phenoxy) is 2. The summed E-state index contributed by atoms with van der Waals surface area (Å²) in [5, 5.41) is 54.2. The number of hydrogen-bond acceptors (Lipinski definition) is 8. The van der Waals surface area contributed by atoms with Crippen LogP contribution in [0.3, 0.4) is 0 Å². The Bertz CT molecular complexity index is 904. The predicted octanol–water partition coefficient (Wildman–Crippen LogP) is 10.5. The zero-order chi connectivity index (χ0) is 41.6. The van der Waals surface area contributed by atoms with Gasteiger partial charge in [0.1, 0.15) is 24.4 Å². The van der Waals surface area contributed by atoms with E-state index in [0.29, 0.717) is 6.42 Å². The van der Waals surface area contributed by atoms with Crippen LogP contribution in [0.4, 0.5) is 0 Å². The number of aliphatic hydroxyl groups excluding tert-OH is 5. The molecule has 9 heteroatoms. The molecule has 1 heterocycles. The quantitative estimate of drug-likeness (QED) is 0.0264. The number of amides is 1. The molecule has 7 atom stereocenters. The topological polar surface area (TPSA) is 149 Å². The van der Waals surface area contributed by atoms with E-state index in [-0.39, 0.29) is 12.5 Å². The maximum Gasteiger partial charge on any atom is 0.220 e. The van der Waals surface area contributed by atoms with Gasteiger partial charge in [0.15, 0.2) is 6.29 Å². The van der Waals surface area contributed by atoms with Crippen molar-refractivity contribution in [3.8, 4) is 0 Å². The molecule has 0 aromatic carbocycles. The van der Waals surface area contributed by atoms with E-state index in [2.05, 4.69) is 19.2 Å². The van der Waals surface area contributed by atoms with Crippen molar-refractivity contribution in [1.29, 1.82) is 0 Å². The lowest BCUT2D eigenvalue weighted by atomic mass is 9.99. The molecule has 0 bridgehead atoms. The zero-order valence-electron chi connectivity index (χ0n) is 37.1. The molecule has 0 aromatic heterocycles. The second-order valence-electron chi connectivity index (χ2n) is 17.3. The van der Waals surface area contributed by atoms with Crippen molar-refractivity contribution in [2.45, 2.75) is 275 Å². The number of carbonyl (C=O) groups is 1. The van der Waals surface area contributed by atoms with Crippen LogP contribution in [0.15, 0.2) is 12.2 Å². The monoisotopic (exact) mass is 812 g/mol. The van der Waals surface area contributed by atoms with Crippen LogP contribution in [-0.2, 0) is 14.3 Å². The summed E-state index contributed by atoms with van der Waals surface area (Å²) < 4.78 is 11.2. The highest BCUT2D eigenvalue weighted by Gasteiger charge is 2.44. The van der Waals surface area contributed by atoms with Crippen molar-refractivity contribution in [3.05, 3.63) is 12.2 Å². The van der Waals surface area contributed by atoms with Crippen molar-refractivity contribution in [3.63, 3.8) is 0 Å². The third-order valence-corrected chi connectivity index (χ3v) is 11.9. The molecule has 0 saturated carbocycles. The van der Waals surface area contributed by atoms with Crippen molar-refractivity contribution < 1.29 is 39.8 Å². The third-order valence-electron chi connectivity index (χ3n) is 11.9. The van der Waals surface area contributed by atoms with Gasteiger partial charge < -0.3 is 40.3 Å². The van der Waals surface area contributed by atoms with E-state index < -0.39 is 49.5 Å². The molecule has 1 rings (SSSR count). The van der Waals surface area contributed by atoms with Gasteiger partial charge in [-0.05, 0) is 19.3 Å². The molecular weight excluding hydrogens is 719 g/mol. The summed E-state index contributed by atoms with van der Waals surface area (Å²) in [6.07, 6.45) is 38.3. The van der Waals surface area contributed by atoms with Crippen LogP contribution in [0.25, 0.3) is 0 Å². The van der Waals surface area contributed by atoms with Gasteiger partial charge in [0, 0.05) is 6.42 Å². The summed E-state index contributed by atoms with van der Waals surface area (Å²) in [6, 6.07) is -0.798. The van der Waals surface area contributed by atoms with Crippen LogP contribution in [0.5, 0.6) is 0 Å². The van der Waals surface area contributed by atoms with Gasteiger partial charge in [-0.1, -0.05) is 219 Å². The number of hydrogen-bond donors (Lipinski definition) is 6. The van der Waals surface area contributed by atoms with E-state index in [9.17, 15) is 30.3 Å². The van der Waals surface area contributed by atoms with Gasteiger partial charge in [-0.15, -0.1) is 0 Å². The summed E-state index contributed by atoms with van der Waals surface area (Å²) in [5.41, 5.74) is 0. The van der Waals surface area contributed by atoms with E-state index in [1.807, 2.05) is 6.08 Å². The fraction of sp³-hybridized carbons (Fsp3) is 0.938. The van der Waals surface area contributed by atoms with Gasteiger partial charge in [-0.3, -0.25) is 4.79 Å². The fourth-order valence-corrected chi connectivity index (χ4v) is 7.92. The fourth-order valence-electron chi connectivity index (χ4n) is 7.92. The molecule has 0 aromatic rings. The van der Waals surface area contributed by atoms with E-state index in [0.717, 1.165) is 38.5 Å². The normalized spacial score (nSPS) is 21.0. The maximum atomic E-state index is 13.0. The van der Waals surface area contributed by atoms with Gasteiger partial charge in [-0.2, -0.15) is 0 Å². The molecule has 6 N–H and O–H groups in total. The first-order valence-corrected chi connectivity index (χ1v) is 24.4. The van der Waals surface area contributed by atoms with Crippen LogP contribution in [0.1, 0.15) is 232 Å². The lowest BCUT2D eigenvalue weighted by Crippen LogP contribution is -2.60. The average Bonchev–Trinajstić information content (AvgIpc) is 3.21. The van der Waals surface area contributed by atoms with Crippen molar-refractivity contribution >= 4 is 5.91 Å². The van der Waals surface area contributed by atoms with Crippen LogP contribution < -0.4 is 5.32 Å².